The van der Waals surface area contributed by atoms with Crippen molar-refractivity contribution in [3.8, 4) is 11.5 Å². The molecule has 9 heteroatoms. The first-order chi connectivity index (χ1) is 16.0. The number of amides is 1. The van der Waals surface area contributed by atoms with Crippen molar-refractivity contribution in [1.29, 1.82) is 0 Å². The molecule has 1 saturated heterocycles. The van der Waals surface area contributed by atoms with E-state index >= 15 is 0 Å². The molecule has 1 aromatic heterocycles. The molecule has 0 spiro atoms. The minimum Gasteiger partial charge on any atom is -0.486 e. The fourth-order valence-electron chi connectivity index (χ4n) is 3.92. The second-order valence-electron chi connectivity index (χ2n) is 7.80. The predicted molar refractivity (Wildman–Crippen MR) is 124 cm³/mol. The Morgan fingerprint density at radius 3 is 2.48 bits per heavy atom. The minimum absolute atomic E-state index is 0.161. The normalized spacial score (nSPS) is 16.9. The molecule has 0 saturated carbocycles. The van der Waals surface area contributed by atoms with Crippen molar-refractivity contribution in [1.82, 2.24) is 14.2 Å². The largest absolute Gasteiger partial charge is 0.486 e. The van der Waals surface area contributed by atoms with Crippen LogP contribution < -0.4 is 9.47 Å². The topological polar surface area (TPSA) is 89.0 Å². The second kappa shape index (κ2) is 8.84. The number of sulfonamides is 1. The average Bonchev–Trinajstić information content (AvgIpc) is 2.87. The van der Waals surface area contributed by atoms with E-state index in [0.29, 0.717) is 43.5 Å². The SMILES string of the molecule is O=C(/C=C/c1ccc2ccccc2n1)N1CCN(S(=O)(=O)c2ccc3c(c2)OCCO3)CC1. The number of fused-ring (bicyclic) bond motifs is 2. The van der Waals surface area contributed by atoms with Crippen LogP contribution in [-0.2, 0) is 14.8 Å². The molecule has 0 atom stereocenters. The number of para-hydroxylation sites is 1. The van der Waals surface area contributed by atoms with Gasteiger partial charge in [-0.3, -0.25) is 4.79 Å². The maximum Gasteiger partial charge on any atom is 0.246 e. The summed E-state index contributed by atoms with van der Waals surface area (Å²) >= 11 is 0. The van der Waals surface area contributed by atoms with Crippen molar-refractivity contribution in [2.75, 3.05) is 39.4 Å². The Balaban J connectivity index is 1.22. The lowest BCUT2D eigenvalue weighted by atomic mass is 10.2. The standard InChI is InChI=1S/C24H23N3O5S/c28-24(10-7-19-6-5-18-3-1-2-4-21(18)25-19)26-11-13-27(14-12-26)33(29,30)20-8-9-22-23(17-20)32-16-15-31-22/h1-10,17H,11-16H2/b10-7+. The third kappa shape index (κ3) is 4.42. The van der Waals surface area contributed by atoms with Crippen LogP contribution >= 0.6 is 0 Å². The highest BCUT2D eigenvalue weighted by Gasteiger charge is 2.30. The summed E-state index contributed by atoms with van der Waals surface area (Å²) in [6, 6.07) is 16.3. The molecule has 5 rings (SSSR count). The van der Waals surface area contributed by atoms with Gasteiger partial charge in [-0.1, -0.05) is 24.3 Å². The lowest BCUT2D eigenvalue weighted by Crippen LogP contribution is -2.50. The lowest BCUT2D eigenvalue weighted by Gasteiger charge is -2.33. The van der Waals surface area contributed by atoms with E-state index in [1.807, 2.05) is 36.4 Å². The zero-order chi connectivity index (χ0) is 22.8. The van der Waals surface area contributed by atoms with Gasteiger partial charge < -0.3 is 14.4 Å². The summed E-state index contributed by atoms with van der Waals surface area (Å²) in [7, 11) is -3.69. The van der Waals surface area contributed by atoms with Gasteiger partial charge in [0, 0.05) is 43.7 Å². The van der Waals surface area contributed by atoms with Crippen molar-refractivity contribution >= 4 is 32.9 Å². The zero-order valence-electron chi connectivity index (χ0n) is 17.9. The number of rotatable bonds is 4. The van der Waals surface area contributed by atoms with Gasteiger partial charge in [-0.15, -0.1) is 0 Å². The first-order valence-corrected chi connectivity index (χ1v) is 12.2. The van der Waals surface area contributed by atoms with Crippen LogP contribution in [0.4, 0.5) is 0 Å². The highest BCUT2D eigenvalue weighted by atomic mass is 32.2. The molecule has 0 N–H and O–H groups in total. The monoisotopic (exact) mass is 465 g/mol. The summed E-state index contributed by atoms with van der Waals surface area (Å²) in [5, 5.41) is 1.04. The Hall–Kier alpha value is -3.43. The second-order valence-corrected chi connectivity index (χ2v) is 9.73. The predicted octanol–water partition coefficient (Wildman–Crippen LogP) is 2.55. The van der Waals surface area contributed by atoms with E-state index in [0.717, 1.165) is 10.9 Å². The van der Waals surface area contributed by atoms with Crippen molar-refractivity contribution in [2.24, 2.45) is 0 Å². The number of pyridine rings is 1. The summed E-state index contributed by atoms with van der Waals surface area (Å²) < 4.78 is 38.5. The summed E-state index contributed by atoms with van der Waals surface area (Å²) in [5.41, 5.74) is 1.56. The molecule has 170 valence electrons. The molecule has 3 aromatic rings. The summed E-state index contributed by atoms with van der Waals surface area (Å²) in [4.78, 5) is 19.0. The van der Waals surface area contributed by atoms with Gasteiger partial charge in [0.15, 0.2) is 11.5 Å². The third-order valence-corrected chi connectivity index (χ3v) is 7.61. The van der Waals surface area contributed by atoms with Crippen molar-refractivity contribution < 1.29 is 22.7 Å². The van der Waals surface area contributed by atoms with E-state index in [2.05, 4.69) is 4.98 Å². The van der Waals surface area contributed by atoms with Gasteiger partial charge in [0.1, 0.15) is 13.2 Å². The van der Waals surface area contributed by atoms with E-state index in [1.54, 1.807) is 17.0 Å². The van der Waals surface area contributed by atoms with Crippen LogP contribution in [0.25, 0.3) is 17.0 Å². The van der Waals surface area contributed by atoms with Gasteiger partial charge in [0.2, 0.25) is 15.9 Å². The molecule has 8 nitrogen and oxygen atoms in total. The number of hydrogen-bond donors (Lipinski definition) is 0. The van der Waals surface area contributed by atoms with Gasteiger partial charge in [-0.2, -0.15) is 4.31 Å². The Labute approximate surface area is 192 Å². The molecule has 33 heavy (non-hydrogen) atoms. The van der Waals surface area contributed by atoms with E-state index in [9.17, 15) is 13.2 Å². The Morgan fingerprint density at radius 1 is 0.909 bits per heavy atom. The highest BCUT2D eigenvalue weighted by molar-refractivity contribution is 7.89. The van der Waals surface area contributed by atoms with Crippen LogP contribution in [0.3, 0.4) is 0 Å². The Bertz CT molecular complexity index is 1330. The molecule has 2 aliphatic heterocycles. The molecule has 1 amide bonds. The molecule has 0 bridgehead atoms. The number of carbonyl (C=O) groups is 1. The molecule has 3 heterocycles. The summed E-state index contributed by atoms with van der Waals surface area (Å²) in [6.45, 7) is 1.92. The number of carbonyl (C=O) groups excluding carboxylic acids is 1. The summed E-state index contributed by atoms with van der Waals surface area (Å²) in [5.74, 6) is 0.813. The van der Waals surface area contributed by atoms with Crippen LogP contribution in [-0.4, -0.2) is 67.9 Å². The molecule has 0 radical (unpaired) electrons. The maximum atomic E-state index is 13.1. The fourth-order valence-corrected chi connectivity index (χ4v) is 5.36. The Kier molecular flexibility index (Phi) is 5.74. The first kappa shape index (κ1) is 21.4. The van der Waals surface area contributed by atoms with E-state index in [4.69, 9.17) is 9.47 Å². The molecule has 1 fully saturated rings. The maximum absolute atomic E-state index is 13.1. The van der Waals surface area contributed by atoms with Gasteiger partial charge in [-0.05, 0) is 30.3 Å². The van der Waals surface area contributed by atoms with Crippen LogP contribution in [0.2, 0.25) is 0 Å². The van der Waals surface area contributed by atoms with E-state index in [1.165, 1.54) is 22.5 Å². The van der Waals surface area contributed by atoms with Crippen molar-refractivity contribution in [3.05, 3.63) is 66.4 Å². The molecule has 2 aliphatic rings. The average molecular weight is 466 g/mol. The van der Waals surface area contributed by atoms with E-state index in [-0.39, 0.29) is 23.9 Å². The van der Waals surface area contributed by atoms with Gasteiger partial charge >= 0.3 is 0 Å². The van der Waals surface area contributed by atoms with Gasteiger partial charge in [0.25, 0.3) is 0 Å². The van der Waals surface area contributed by atoms with Gasteiger partial charge in [0.05, 0.1) is 16.1 Å². The van der Waals surface area contributed by atoms with Crippen LogP contribution in [0, 0.1) is 0 Å². The molecule has 2 aromatic carbocycles. The number of nitrogens with zero attached hydrogens (tertiary/aromatic N) is 3. The van der Waals surface area contributed by atoms with Crippen LogP contribution in [0.15, 0.2) is 65.6 Å². The number of ether oxygens (including phenoxy) is 2. The molecular formula is C24H23N3O5S. The smallest absolute Gasteiger partial charge is 0.246 e. The number of piperazine rings is 1. The Morgan fingerprint density at radius 2 is 1.67 bits per heavy atom. The quantitative estimate of drug-likeness (QED) is 0.551. The fraction of sp³-hybridized carbons (Fsp3) is 0.250. The number of aromatic nitrogens is 1. The van der Waals surface area contributed by atoms with Crippen LogP contribution in [0.5, 0.6) is 11.5 Å². The zero-order valence-corrected chi connectivity index (χ0v) is 18.7. The lowest BCUT2D eigenvalue weighted by molar-refractivity contribution is -0.127. The first-order valence-electron chi connectivity index (χ1n) is 10.7. The third-order valence-electron chi connectivity index (χ3n) is 5.72. The highest BCUT2D eigenvalue weighted by Crippen LogP contribution is 2.33. The molecule has 0 aliphatic carbocycles. The summed E-state index contributed by atoms with van der Waals surface area (Å²) in [6.07, 6.45) is 3.18. The number of benzene rings is 2. The number of hydrogen-bond acceptors (Lipinski definition) is 6. The minimum atomic E-state index is -3.69. The molecule has 0 unspecified atom stereocenters. The van der Waals surface area contributed by atoms with Crippen molar-refractivity contribution in [3.63, 3.8) is 0 Å². The molecular weight excluding hydrogens is 442 g/mol. The van der Waals surface area contributed by atoms with Crippen LogP contribution in [0.1, 0.15) is 5.69 Å². The van der Waals surface area contributed by atoms with E-state index < -0.39 is 10.0 Å². The van der Waals surface area contributed by atoms with Gasteiger partial charge in [-0.25, -0.2) is 13.4 Å². The van der Waals surface area contributed by atoms with Crippen molar-refractivity contribution in [2.45, 2.75) is 4.90 Å².